The van der Waals surface area contributed by atoms with Gasteiger partial charge in [0.1, 0.15) is 18.2 Å². The Kier molecular flexibility index (Phi) is 6.47. The van der Waals surface area contributed by atoms with Gasteiger partial charge in [0.15, 0.2) is 5.78 Å². The molecular weight excluding hydrogens is 429 g/mol. The van der Waals surface area contributed by atoms with Crippen LogP contribution >= 0.6 is 11.8 Å². The number of thioether (sulfide) groups is 1. The summed E-state index contributed by atoms with van der Waals surface area (Å²) in [4.78, 5) is 38.8. The summed E-state index contributed by atoms with van der Waals surface area (Å²) < 4.78 is 18.9. The maximum atomic E-state index is 13.1. The molecule has 0 N–H and O–H groups in total. The van der Waals surface area contributed by atoms with Gasteiger partial charge >= 0.3 is 0 Å². The average molecular weight is 447 g/mol. The second-order valence-electron chi connectivity index (χ2n) is 7.01. The Labute approximate surface area is 188 Å². The molecule has 0 aromatic heterocycles. The largest absolute Gasteiger partial charge is 0.488 e. The first-order valence-electron chi connectivity index (χ1n) is 9.81. The van der Waals surface area contributed by atoms with Crippen molar-refractivity contribution < 1.29 is 23.5 Å². The summed E-state index contributed by atoms with van der Waals surface area (Å²) in [5.41, 5.74) is 1.85. The molecule has 0 saturated carbocycles. The van der Waals surface area contributed by atoms with E-state index in [1.807, 2.05) is 0 Å². The number of benzene rings is 3. The van der Waals surface area contributed by atoms with E-state index in [1.165, 1.54) is 12.1 Å². The van der Waals surface area contributed by atoms with Crippen molar-refractivity contribution in [2.75, 3.05) is 6.54 Å². The summed E-state index contributed by atoms with van der Waals surface area (Å²) >= 11 is 0.788. The van der Waals surface area contributed by atoms with Crippen molar-refractivity contribution in [1.29, 1.82) is 0 Å². The van der Waals surface area contributed by atoms with Crippen LogP contribution in [0.2, 0.25) is 0 Å². The molecule has 1 saturated heterocycles. The molecule has 2 amide bonds. The van der Waals surface area contributed by atoms with Gasteiger partial charge < -0.3 is 4.74 Å². The van der Waals surface area contributed by atoms with E-state index < -0.39 is 11.1 Å². The van der Waals surface area contributed by atoms with Gasteiger partial charge in [-0.3, -0.25) is 19.3 Å². The van der Waals surface area contributed by atoms with Gasteiger partial charge in [-0.05, 0) is 41.6 Å². The zero-order valence-corrected chi connectivity index (χ0v) is 17.7. The number of imide groups is 1. The van der Waals surface area contributed by atoms with Crippen LogP contribution < -0.4 is 4.74 Å². The highest BCUT2D eigenvalue weighted by atomic mass is 32.2. The second kappa shape index (κ2) is 9.62. The molecule has 0 radical (unpaired) electrons. The van der Waals surface area contributed by atoms with Crippen LogP contribution in [-0.4, -0.2) is 28.4 Å². The van der Waals surface area contributed by atoms with E-state index in [0.717, 1.165) is 22.2 Å². The fourth-order valence-electron chi connectivity index (χ4n) is 3.11. The number of ketones is 1. The summed E-state index contributed by atoms with van der Waals surface area (Å²) in [5, 5.41) is -0.491. The molecular formula is C25H18FNO4S. The number of nitrogens with zero attached hydrogens (tertiary/aromatic N) is 1. The summed E-state index contributed by atoms with van der Waals surface area (Å²) in [6, 6.07) is 21.6. The van der Waals surface area contributed by atoms with Crippen LogP contribution in [0.1, 0.15) is 21.5 Å². The maximum absolute atomic E-state index is 13.1. The van der Waals surface area contributed by atoms with Crippen LogP contribution in [0.4, 0.5) is 9.18 Å². The van der Waals surface area contributed by atoms with Gasteiger partial charge in [-0.15, -0.1) is 0 Å². The van der Waals surface area contributed by atoms with Crippen molar-refractivity contribution in [2.45, 2.75) is 6.61 Å². The number of ether oxygens (including phenoxy) is 1. The smallest absolute Gasteiger partial charge is 0.293 e. The standard InChI is InChI=1S/C25H18FNO4S/c26-20-12-10-17(11-13-20)16-31-22-9-5-4-8-19(22)14-23-24(29)27(25(30)32-23)15-21(28)18-6-2-1-3-7-18/h1-14H,15-16H2. The third kappa shape index (κ3) is 4.95. The Morgan fingerprint density at radius 2 is 1.62 bits per heavy atom. The molecule has 32 heavy (non-hydrogen) atoms. The normalized spacial score (nSPS) is 14.8. The molecule has 1 heterocycles. The van der Waals surface area contributed by atoms with Gasteiger partial charge in [0.2, 0.25) is 0 Å². The number of hydrogen-bond donors (Lipinski definition) is 0. The summed E-state index contributed by atoms with van der Waals surface area (Å²) in [5.74, 6) is -0.630. The number of carbonyl (C=O) groups excluding carboxylic acids is 3. The first kappa shape index (κ1) is 21.5. The van der Waals surface area contributed by atoms with E-state index in [-0.39, 0.29) is 29.7 Å². The molecule has 0 bridgehead atoms. The lowest BCUT2D eigenvalue weighted by atomic mass is 10.1. The van der Waals surface area contributed by atoms with Gasteiger partial charge in [0, 0.05) is 11.1 Å². The highest BCUT2D eigenvalue weighted by Gasteiger charge is 2.36. The number of carbonyl (C=O) groups is 3. The highest BCUT2D eigenvalue weighted by molar-refractivity contribution is 8.18. The van der Waals surface area contributed by atoms with Crippen molar-refractivity contribution in [3.63, 3.8) is 0 Å². The molecule has 7 heteroatoms. The zero-order chi connectivity index (χ0) is 22.5. The second-order valence-corrected chi connectivity index (χ2v) is 8.00. The van der Waals surface area contributed by atoms with Gasteiger partial charge in [0.25, 0.3) is 11.1 Å². The molecule has 1 aliphatic heterocycles. The van der Waals surface area contributed by atoms with Crippen molar-refractivity contribution in [3.8, 4) is 5.75 Å². The molecule has 1 fully saturated rings. The fraction of sp³-hybridized carbons (Fsp3) is 0.0800. The lowest BCUT2D eigenvalue weighted by molar-refractivity contribution is -0.122. The minimum Gasteiger partial charge on any atom is -0.488 e. The van der Waals surface area contributed by atoms with E-state index in [9.17, 15) is 18.8 Å². The molecule has 3 aromatic rings. The Bertz CT molecular complexity index is 1190. The quantitative estimate of drug-likeness (QED) is 0.362. The molecule has 1 aliphatic rings. The molecule has 0 atom stereocenters. The van der Waals surface area contributed by atoms with E-state index in [2.05, 4.69) is 0 Å². The lowest BCUT2D eigenvalue weighted by Gasteiger charge is -2.11. The Morgan fingerprint density at radius 1 is 0.938 bits per heavy atom. The number of halogens is 1. The van der Waals surface area contributed by atoms with Crippen LogP contribution in [-0.2, 0) is 11.4 Å². The van der Waals surface area contributed by atoms with Crippen molar-refractivity contribution in [3.05, 3.63) is 106 Å². The highest BCUT2D eigenvalue weighted by Crippen LogP contribution is 2.34. The van der Waals surface area contributed by atoms with E-state index in [1.54, 1.807) is 72.8 Å². The Morgan fingerprint density at radius 3 is 2.38 bits per heavy atom. The first-order chi connectivity index (χ1) is 15.5. The average Bonchev–Trinajstić information content (AvgIpc) is 3.07. The van der Waals surface area contributed by atoms with Gasteiger partial charge in [-0.25, -0.2) is 4.39 Å². The Hall–Kier alpha value is -3.71. The predicted octanol–water partition coefficient (Wildman–Crippen LogP) is 5.32. The number of para-hydroxylation sites is 1. The molecule has 5 nitrogen and oxygen atoms in total. The topological polar surface area (TPSA) is 63.7 Å². The van der Waals surface area contributed by atoms with Gasteiger partial charge in [-0.2, -0.15) is 0 Å². The molecule has 0 spiro atoms. The summed E-state index contributed by atoms with van der Waals surface area (Å²) in [6.07, 6.45) is 1.58. The van der Waals surface area contributed by atoms with Crippen molar-refractivity contribution in [2.24, 2.45) is 0 Å². The maximum Gasteiger partial charge on any atom is 0.293 e. The van der Waals surface area contributed by atoms with Crippen LogP contribution in [0.25, 0.3) is 6.08 Å². The monoisotopic (exact) mass is 447 g/mol. The predicted molar refractivity (Wildman–Crippen MR) is 121 cm³/mol. The van der Waals surface area contributed by atoms with Gasteiger partial charge in [-0.1, -0.05) is 60.7 Å². The molecule has 0 aliphatic carbocycles. The number of rotatable bonds is 7. The number of amides is 2. The zero-order valence-electron chi connectivity index (χ0n) is 16.9. The molecule has 4 rings (SSSR count). The Balaban J connectivity index is 1.49. The van der Waals surface area contributed by atoms with Crippen LogP contribution in [0.15, 0.2) is 83.8 Å². The minimum absolute atomic E-state index is 0.216. The first-order valence-corrected chi connectivity index (χ1v) is 10.6. The third-order valence-corrected chi connectivity index (χ3v) is 5.69. The fourth-order valence-corrected chi connectivity index (χ4v) is 3.94. The van der Waals surface area contributed by atoms with Crippen molar-refractivity contribution >= 4 is 34.8 Å². The van der Waals surface area contributed by atoms with Crippen molar-refractivity contribution in [1.82, 2.24) is 4.90 Å². The van der Waals surface area contributed by atoms with Crippen LogP contribution in [0, 0.1) is 5.82 Å². The van der Waals surface area contributed by atoms with Crippen LogP contribution in [0.5, 0.6) is 5.75 Å². The van der Waals surface area contributed by atoms with E-state index in [0.29, 0.717) is 16.9 Å². The summed E-state index contributed by atoms with van der Waals surface area (Å²) in [7, 11) is 0. The third-order valence-electron chi connectivity index (χ3n) is 4.78. The molecule has 3 aromatic carbocycles. The number of Topliss-reactive ketones (excluding diaryl/α,β-unsaturated/α-hetero) is 1. The molecule has 160 valence electrons. The SMILES string of the molecule is O=C(CN1C(=O)SC(=Cc2ccccc2OCc2ccc(F)cc2)C1=O)c1ccccc1. The van der Waals surface area contributed by atoms with Gasteiger partial charge in [0.05, 0.1) is 11.4 Å². The number of hydrogen-bond acceptors (Lipinski definition) is 5. The summed E-state index contributed by atoms with van der Waals surface area (Å²) in [6.45, 7) is -0.0904. The minimum atomic E-state index is -0.516. The van der Waals surface area contributed by atoms with Crippen LogP contribution in [0.3, 0.4) is 0 Å². The lowest BCUT2D eigenvalue weighted by Crippen LogP contribution is -2.33. The molecule has 0 unspecified atom stereocenters. The van der Waals surface area contributed by atoms with E-state index in [4.69, 9.17) is 4.74 Å². The van der Waals surface area contributed by atoms with E-state index >= 15 is 0 Å².